The summed E-state index contributed by atoms with van der Waals surface area (Å²) in [4.78, 5) is 5.78. The van der Waals surface area contributed by atoms with E-state index in [1.165, 1.54) is 18.5 Å². The first-order valence-corrected chi connectivity index (χ1v) is 7.97. The molecule has 5 heteroatoms. The van der Waals surface area contributed by atoms with Crippen molar-refractivity contribution in [2.75, 3.05) is 19.8 Å². The van der Waals surface area contributed by atoms with Gasteiger partial charge < -0.3 is 10.1 Å². The summed E-state index contributed by atoms with van der Waals surface area (Å²) in [6.07, 6.45) is 7.67. The van der Waals surface area contributed by atoms with Crippen LogP contribution < -0.4 is 5.32 Å². The zero-order valence-electron chi connectivity index (χ0n) is 11.3. The van der Waals surface area contributed by atoms with E-state index >= 15 is 0 Å². The van der Waals surface area contributed by atoms with Gasteiger partial charge in [-0.1, -0.05) is 6.92 Å². The van der Waals surface area contributed by atoms with Crippen molar-refractivity contribution in [2.24, 2.45) is 5.92 Å². The standard InChI is InChI=1S/C14H21N3OS/c1-2-15-13(11-4-3-6-18-10-11)8-12-9-17-5-7-19-14(17)16-12/h5,7,9,11,13,15H,2-4,6,8,10H2,1H3. The minimum Gasteiger partial charge on any atom is -0.381 e. The van der Waals surface area contributed by atoms with Crippen molar-refractivity contribution in [1.82, 2.24) is 14.7 Å². The van der Waals surface area contributed by atoms with Crippen LogP contribution in [0.3, 0.4) is 0 Å². The molecule has 0 saturated carbocycles. The molecule has 1 aliphatic heterocycles. The summed E-state index contributed by atoms with van der Waals surface area (Å²) in [5, 5.41) is 5.68. The van der Waals surface area contributed by atoms with Crippen molar-refractivity contribution >= 4 is 16.3 Å². The van der Waals surface area contributed by atoms with Gasteiger partial charge in [-0.25, -0.2) is 4.98 Å². The van der Waals surface area contributed by atoms with Crippen LogP contribution in [0, 0.1) is 5.92 Å². The molecule has 3 heterocycles. The molecule has 0 spiro atoms. The van der Waals surface area contributed by atoms with Crippen molar-refractivity contribution in [3.8, 4) is 0 Å². The number of thiazole rings is 1. The van der Waals surface area contributed by atoms with Crippen LogP contribution in [0.15, 0.2) is 17.8 Å². The van der Waals surface area contributed by atoms with Crippen LogP contribution in [0.25, 0.3) is 4.96 Å². The van der Waals surface area contributed by atoms with Gasteiger partial charge in [0, 0.05) is 36.8 Å². The summed E-state index contributed by atoms with van der Waals surface area (Å²) in [6.45, 7) is 4.99. The van der Waals surface area contributed by atoms with Gasteiger partial charge in [0.2, 0.25) is 0 Å². The van der Waals surface area contributed by atoms with Crippen LogP contribution in [0.4, 0.5) is 0 Å². The quantitative estimate of drug-likeness (QED) is 0.913. The lowest BCUT2D eigenvalue weighted by Crippen LogP contribution is -2.41. The summed E-state index contributed by atoms with van der Waals surface area (Å²) < 4.78 is 7.74. The minimum atomic E-state index is 0.481. The van der Waals surface area contributed by atoms with Crippen LogP contribution in [-0.4, -0.2) is 35.2 Å². The average Bonchev–Trinajstić information content (AvgIpc) is 3.00. The van der Waals surface area contributed by atoms with Crippen molar-refractivity contribution in [3.63, 3.8) is 0 Å². The molecule has 4 nitrogen and oxygen atoms in total. The Hall–Kier alpha value is -0.910. The normalized spacial score (nSPS) is 21.8. The van der Waals surface area contributed by atoms with E-state index in [1.54, 1.807) is 11.3 Å². The van der Waals surface area contributed by atoms with E-state index < -0.39 is 0 Å². The molecule has 1 aliphatic rings. The number of aromatic nitrogens is 2. The molecule has 1 fully saturated rings. The Morgan fingerprint density at radius 3 is 3.32 bits per heavy atom. The Kier molecular flexibility index (Phi) is 4.15. The molecule has 2 aromatic heterocycles. The molecular weight excluding hydrogens is 258 g/mol. The van der Waals surface area contributed by atoms with Crippen molar-refractivity contribution < 1.29 is 4.74 Å². The number of nitrogens with zero attached hydrogens (tertiary/aromatic N) is 2. The van der Waals surface area contributed by atoms with Gasteiger partial charge in [0.1, 0.15) is 0 Å². The molecule has 2 aromatic rings. The summed E-state index contributed by atoms with van der Waals surface area (Å²) in [5.41, 5.74) is 1.18. The van der Waals surface area contributed by atoms with Crippen LogP contribution in [0.5, 0.6) is 0 Å². The van der Waals surface area contributed by atoms with E-state index in [0.717, 1.165) is 31.1 Å². The van der Waals surface area contributed by atoms with Gasteiger partial charge in [-0.3, -0.25) is 4.40 Å². The third kappa shape index (κ3) is 2.99. The fourth-order valence-electron chi connectivity index (χ4n) is 2.85. The Labute approximate surface area is 117 Å². The van der Waals surface area contributed by atoms with Gasteiger partial charge in [-0.15, -0.1) is 11.3 Å². The first-order chi connectivity index (χ1) is 9.36. The number of fused-ring (bicyclic) bond motifs is 1. The van der Waals surface area contributed by atoms with E-state index in [9.17, 15) is 0 Å². The second-order valence-corrected chi connectivity index (χ2v) is 6.04. The molecule has 0 aliphatic carbocycles. The Morgan fingerprint density at radius 1 is 1.63 bits per heavy atom. The molecule has 1 saturated heterocycles. The number of likely N-dealkylation sites (N-methyl/N-ethyl adjacent to an activating group) is 1. The lowest BCUT2D eigenvalue weighted by molar-refractivity contribution is 0.0394. The first kappa shape index (κ1) is 13.1. The topological polar surface area (TPSA) is 38.6 Å². The van der Waals surface area contributed by atoms with Gasteiger partial charge in [0.15, 0.2) is 4.96 Å². The van der Waals surface area contributed by atoms with Crippen molar-refractivity contribution in [3.05, 3.63) is 23.5 Å². The highest BCUT2D eigenvalue weighted by Crippen LogP contribution is 2.21. The van der Waals surface area contributed by atoms with Crippen LogP contribution in [0.1, 0.15) is 25.5 Å². The van der Waals surface area contributed by atoms with Crippen molar-refractivity contribution in [2.45, 2.75) is 32.2 Å². The van der Waals surface area contributed by atoms with E-state index in [0.29, 0.717) is 12.0 Å². The van der Waals surface area contributed by atoms with Gasteiger partial charge in [-0.2, -0.15) is 0 Å². The zero-order valence-corrected chi connectivity index (χ0v) is 12.2. The smallest absolute Gasteiger partial charge is 0.193 e. The van der Waals surface area contributed by atoms with Crippen LogP contribution in [-0.2, 0) is 11.2 Å². The lowest BCUT2D eigenvalue weighted by Gasteiger charge is -2.30. The third-order valence-electron chi connectivity index (χ3n) is 3.80. The molecule has 19 heavy (non-hydrogen) atoms. The van der Waals surface area contributed by atoms with E-state index in [-0.39, 0.29) is 0 Å². The predicted molar refractivity (Wildman–Crippen MR) is 77.8 cm³/mol. The first-order valence-electron chi connectivity index (χ1n) is 7.09. The molecule has 0 bridgehead atoms. The molecule has 0 amide bonds. The van der Waals surface area contributed by atoms with Gasteiger partial charge in [-0.05, 0) is 25.3 Å². The number of rotatable bonds is 5. The van der Waals surface area contributed by atoms with Gasteiger partial charge >= 0.3 is 0 Å². The highest BCUT2D eigenvalue weighted by atomic mass is 32.1. The molecule has 3 rings (SSSR count). The zero-order chi connectivity index (χ0) is 13.1. The number of ether oxygens (including phenoxy) is 1. The molecule has 1 N–H and O–H groups in total. The second kappa shape index (κ2) is 6.03. The number of imidazole rings is 1. The maximum atomic E-state index is 5.63. The van der Waals surface area contributed by atoms with Crippen LogP contribution in [0.2, 0.25) is 0 Å². The largest absolute Gasteiger partial charge is 0.381 e. The summed E-state index contributed by atoms with van der Waals surface area (Å²) in [5.74, 6) is 0.619. The Bertz CT molecular complexity index is 487. The van der Waals surface area contributed by atoms with E-state index in [2.05, 4.69) is 34.4 Å². The van der Waals surface area contributed by atoms with Gasteiger partial charge in [0.05, 0.1) is 12.3 Å². The summed E-state index contributed by atoms with van der Waals surface area (Å²) in [7, 11) is 0. The fourth-order valence-corrected chi connectivity index (χ4v) is 3.57. The SMILES string of the molecule is CCNC(Cc1cn2ccsc2n1)C1CCCOC1. The highest BCUT2D eigenvalue weighted by molar-refractivity contribution is 7.15. The third-order valence-corrected chi connectivity index (χ3v) is 4.57. The van der Waals surface area contributed by atoms with Crippen LogP contribution >= 0.6 is 11.3 Å². The number of nitrogens with one attached hydrogen (secondary N) is 1. The molecule has 0 aromatic carbocycles. The Morgan fingerprint density at radius 2 is 2.58 bits per heavy atom. The molecule has 2 unspecified atom stereocenters. The highest BCUT2D eigenvalue weighted by Gasteiger charge is 2.24. The molecular formula is C14H21N3OS. The summed E-state index contributed by atoms with van der Waals surface area (Å²) in [6, 6.07) is 0.481. The Balaban J connectivity index is 1.70. The fraction of sp³-hybridized carbons (Fsp3) is 0.643. The number of hydrogen-bond acceptors (Lipinski definition) is 4. The summed E-state index contributed by atoms with van der Waals surface area (Å²) >= 11 is 1.69. The van der Waals surface area contributed by atoms with Gasteiger partial charge in [0.25, 0.3) is 0 Å². The maximum Gasteiger partial charge on any atom is 0.193 e. The second-order valence-electron chi connectivity index (χ2n) is 5.17. The molecule has 2 atom stereocenters. The molecule has 0 radical (unpaired) electrons. The average molecular weight is 279 g/mol. The predicted octanol–water partition coefficient (Wildman–Crippen LogP) is 2.34. The van der Waals surface area contributed by atoms with Crippen molar-refractivity contribution in [1.29, 1.82) is 0 Å². The van der Waals surface area contributed by atoms with E-state index in [1.807, 2.05) is 0 Å². The number of hydrogen-bond donors (Lipinski definition) is 1. The molecule has 104 valence electrons. The maximum absolute atomic E-state index is 5.63. The minimum absolute atomic E-state index is 0.481. The lowest BCUT2D eigenvalue weighted by atomic mass is 9.90. The van der Waals surface area contributed by atoms with E-state index in [4.69, 9.17) is 9.72 Å². The monoisotopic (exact) mass is 279 g/mol.